The van der Waals surface area contributed by atoms with Crippen LogP contribution in [0.25, 0.3) is 0 Å². The number of hydrogen-bond donors (Lipinski definition) is 1. The van der Waals surface area contributed by atoms with E-state index in [4.69, 9.17) is 5.26 Å². The molecule has 1 rings (SSSR count). The van der Waals surface area contributed by atoms with Gasteiger partial charge >= 0.3 is 0 Å². The molecule has 17 heavy (non-hydrogen) atoms. The molecule has 1 unspecified atom stereocenters. The van der Waals surface area contributed by atoms with Crippen molar-refractivity contribution in [1.82, 2.24) is 0 Å². The van der Waals surface area contributed by atoms with Crippen molar-refractivity contribution in [2.45, 2.75) is 12.2 Å². The smallest absolute Gasteiger partial charge is 0.276 e. The van der Waals surface area contributed by atoms with Gasteiger partial charge in [-0.15, -0.1) is 0 Å². The summed E-state index contributed by atoms with van der Waals surface area (Å²) in [4.78, 5) is 9.95. The van der Waals surface area contributed by atoms with Crippen molar-refractivity contribution in [3.05, 3.63) is 34.4 Å². The molecule has 0 radical (unpaired) electrons. The molecule has 0 spiro atoms. The van der Waals surface area contributed by atoms with Gasteiger partial charge in [-0.1, -0.05) is 12.1 Å². The van der Waals surface area contributed by atoms with Gasteiger partial charge in [-0.2, -0.15) is 5.26 Å². The molecule has 1 N–H and O–H groups in total. The molecular formula is C9H9N3O4S. The zero-order chi connectivity index (χ0) is 13.1. The number of nitrogens with one attached hydrogen (secondary N) is 1. The molecule has 0 aliphatic rings. The first-order chi connectivity index (χ1) is 7.88. The molecule has 0 aromatic heterocycles. The highest BCUT2D eigenvalue weighted by molar-refractivity contribution is 7.93. The van der Waals surface area contributed by atoms with E-state index in [9.17, 15) is 18.5 Å². The molecule has 90 valence electrons. The number of hydrogen-bond acceptors (Lipinski definition) is 5. The first-order valence-corrected chi connectivity index (χ1v) is 6.08. The van der Waals surface area contributed by atoms with E-state index in [1.165, 1.54) is 31.2 Å². The zero-order valence-electron chi connectivity index (χ0n) is 8.82. The molecule has 0 amide bonds. The Morgan fingerprint density at radius 3 is 2.59 bits per heavy atom. The largest absolute Gasteiger partial charge is 0.293 e. The van der Waals surface area contributed by atoms with Crippen molar-refractivity contribution in [3.63, 3.8) is 0 Å². The minimum absolute atomic E-state index is 0.153. The molecule has 7 nitrogen and oxygen atoms in total. The van der Waals surface area contributed by atoms with E-state index in [0.29, 0.717) is 0 Å². The Hall–Kier alpha value is -2.14. The number of anilines is 1. The Bertz CT molecular complexity index is 576. The van der Waals surface area contributed by atoms with E-state index in [1.807, 2.05) is 4.72 Å². The summed E-state index contributed by atoms with van der Waals surface area (Å²) in [5.74, 6) is 0. The van der Waals surface area contributed by atoms with Gasteiger partial charge in [0, 0.05) is 6.07 Å². The fourth-order valence-electron chi connectivity index (χ4n) is 1.03. The van der Waals surface area contributed by atoms with Crippen LogP contribution in [0.2, 0.25) is 0 Å². The van der Waals surface area contributed by atoms with Crippen LogP contribution in [0.3, 0.4) is 0 Å². The topological polar surface area (TPSA) is 113 Å². The van der Waals surface area contributed by atoms with Crippen molar-refractivity contribution in [2.75, 3.05) is 4.72 Å². The predicted octanol–water partition coefficient (Wildman–Crippen LogP) is 1.25. The highest BCUT2D eigenvalue weighted by atomic mass is 32.2. The number of nitro benzene ring substituents is 1. The Morgan fingerprint density at radius 1 is 1.47 bits per heavy atom. The fourth-order valence-corrected chi connectivity index (χ4v) is 1.82. The number of nitro groups is 1. The fraction of sp³-hybridized carbons (Fsp3) is 0.222. The third-order valence-corrected chi connectivity index (χ3v) is 3.54. The quantitative estimate of drug-likeness (QED) is 0.642. The van der Waals surface area contributed by atoms with Crippen LogP contribution in [-0.4, -0.2) is 18.6 Å². The van der Waals surface area contributed by atoms with Crippen LogP contribution in [0.1, 0.15) is 6.92 Å². The lowest BCUT2D eigenvalue weighted by molar-refractivity contribution is -0.383. The molecule has 0 saturated heterocycles. The Labute approximate surface area is 97.9 Å². The molecular weight excluding hydrogens is 246 g/mol. The van der Waals surface area contributed by atoms with E-state index in [0.717, 1.165) is 0 Å². The molecule has 1 aromatic rings. The first kappa shape index (κ1) is 12.9. The summed E-state index contributed by atoms with van der Waals surface area (Å²) in [5, 5.41) is 17.9. The van der Waals surface area contributed by atoms with E-state index in [2.05, 4.69) is 0 Å². The van der Waals surface area contributed by atoms with Crippen LogP contribution in [0, 0.1) is 21.4 Å². The molecule has 0 aliphatic heterocycles. The number of sulfonamides is 1. The van der Waals surface area contributed by atoms with Crippen molar-refractivity contribution in [2.24, 2.45) is 0 Å². The van der Waals surface area contributed by atoms with Crippen LogP contribution in [0.4, 0.5) is 11.4 Å². The lowest BCUT2D eigenvalue weighted by Crippen LogP contribution is -2.24. The molecule has 8 heteroatoms. The van der Waals surface area contributed by atoms with Gasteiger partial charge in [0.25, 0.3) is 5.69 Å². The third-order valence-electron chi connectivity index (χ3n) is 2.00. The number of benzene rings is 1. The maximum Gasteiger partial charge on any atom is 0.293 e. The van der Waals surface area contributed by atoms with Gasteiger partial charge in [0.1, 0.15) is 5.69 Å². The van der Waals surface area contributed by atoms with Gasteiger partial charge in [-0.3, -0.25) is 14.8 Å². The summed E-state index contributed by atoms with van der Waals surface area (Å²) in [6.45, 7) is 1.19. The summed E-state index contributed by atoms with van der Waals surface area (Å²) in [6.07, 6.45) is 0. The summed E-state index contributed by atoms with van der Waals surface area (Å²) in [6, 6.07) is 6.87. The highest BCUT2D eigenvalue weighted by Gasteiger charge is 2.23. The number of nitrogens with zero attached hydrogens (tertiary/aromatic N) is 2. The maximum absolute atomic E-state index is 11.5. The van der Waals surface area contributed by atoms with Crippen molar-refractivity contribution >= 4 is 21.4 Å². The van der Waals surface area contributed by atoms with E-state index < -0.39 is 20.2 Å². The number of rotatable bonds is 4. The van der Waals surface area contributed by atoms with Gasteiger partial charge in [0.15, 0.2) is 5.25 Å². The van der Waals surface area contributed by atoms with Gasteiger partial charge in [0.05, 0.1) is 11.0 Å². The third kappa shape index (κ3) is 2.92. The van der Waals surface area contributed by atoms with Crippen molar-refractivity contribution < 1.29 is 13.3 Å². The monoisotopic (exact) mass is 255 g/mol. The summed E-state index contributed by atoms with van der Waals surface area (Å²) < 4.78 is 25.1. The lowest BCUT2D eigenvalue weighted by atomic mass is 10.3. The van der Waals surface area contributed by atoms with Gasteiger partial charge in [-0.05, 0) is 13.0 Å². The van der Waals surface area contributed by atoms with Gasteiger partial charge in [-0.25, -0.2) is 8.42 Å². The average Bonchev–Trinajstić information content (AvgIpc) is 2.27. The standard InChI is InChI=1S/C9H9N3O4S/c1-7(6-10)17(15,16)11-8-4-2-3-5-9(8)12(13)14/h2-5,7,11H,1H3. The van der Waals surface area contributed by atoms with Crippen LogP contribution in [0.15, 0.2) is 24.3 Å². The normalized spacial score (nSPS) is 12.5. The summed E-state index contributed by atoms with van der Waals surface area (Å²) in [7, 11) is -3.93. The first-order valence-electron chi connectivity index (χ1n) is 4.53. The van der Waals surface area contributed by atoms with Crippen molar-refractivity contribution in [3.8, 4) is 6.07 Å². The number of para-hydroxylation sites is 2. The van der Waals surface area contributed by atoms with Crippen molar-refractivity contribution in [1.29, 1.82) is 5.26 Å². The Morgan fingerprint density at radius 2 is 2.06 bits per heavy atom. The van der Waals surface area contributed by atoms with E-state index >= 15 is 0 Å². The molecule has 0 heterocycles. The number of nitriles is 1. The van der Waals surface area contributed by atoms with Crippen LogP contribution < -0.4 is 4.72 Å². The maximum atomic E-state index is 11.5. The minimum atomic E-state index is -3.93. The highest BCUT2D eigenvalue weighted by Crippen LogP contribution is 2.24. The van der Waals surface area contributed by atoms with E-state index in [1.54, 1.807) is 6.07 Å². The second-order valence-corrected chi connectivity index (χ2v) is 5.19. The molecule has 0 saturated carbocycles. The second kappa shape index (κ2) is 4.80. The predicted molar refractivity (Wildman–Crippen MR) is 60.7 cm³/mol. The van der Waals surface area contributed by atoms with Gasteiger partial charge < -0.3 is 0 Å². The Balaban J connectivity index is 3.13. The van der Waals surface area contributed by atoms with Crippen LogP contribution >= 0.6 is 0 Å². The molecule has 0 bridgehead atoms. The summed E-state index contributed by atoms with van der Waals surface area (Å²) >= 11 is 0. The van der Waals surface area contributed by atoms with E-state index in [-0.39, 0.29) is 11.4 Å². The molecule has 0 fully saturated rings. The average molecular weight is 255 g/mol. The molecule has 1 atom stereocenters. The second-order valence-electron chi connectivity index (χ2n) is 3.19. The minimum Gasteiger partial charge on any atom is -0.276 e. The molecule has 1 aromatic carbocycles. The Kier molecular flexibility index (Phi) is 3.65. The SMILES string of the molecule is CC(C#N)S(=O)(=O)Nc1ccccc1[N+](=O)[O-]. The van der Waals surface area contributed by atoms with Crippen LogP contribution in [0.5, 0.6) is 0 Å². The molecule has 0 aliphatic carbocycles. The zero-order valence-corrected chi connectivity index (χ0v) is 9.64. The lowest BCUT2D eigenvalue weighted by Gasteiger charge is -2.08. The summed E-state index contributed by atoms with van der Waals surface area (Å²) in [5.41, 5.74) is -0.513. The van der Waals surface area contributed by atoms with Gasteiger partial charge in [0.2, 0.25) is 10.0 Å². The van der Waals surface area contributed by atoms with Crippen LogP contribution in [-0.2, 0) is 10.0 Å².